The summed E-state index contributed by atoms with van der Waals surface area (Å²) in [6.07, 6.45) is -0.832. The maximum Gasteiger partial charge on any atom is 0.309 e. The first kappa shape index (κ1) is 20.2. The van der Waals surface area contributed by atoms with E-state index in [-0.39, 0.29) is 12.5 Å². The summed E-state index contributed by atoms with van der Waals surface area (Å²) in [5.74, 6) is -1.42. The highest BCUT2D eigenvalue weighted by Gasteiger charge is 2.27. The normalized spacial score (nSPS) is 15.2. The molecule has 0 bridgehead atoms. The Labute approximate surface area is 144 Å². The number of carbonyl (C=O) groups excluding carboxylic acids is 2. The monoisotopic (exact) mass is 336 g/mol. The molecular weight excluding hydrogens is 308 g/mol. The molecule has 0 aliphatic carbocycles. The van der Waals surface area contributed by atoms with Gasteiger partial charge >= 0.3 is 11.9 Å². The van der Waals surface area contributed by atoms with Crippen LogP contribution in [0.25, 0.3) is 0 Å². The Hall–Kier alpha value is -1.88. The molecular formula is C19H28O5. The topological polar surface area (TPSA) is 61.8 Å². The zero-order valence-electron chi connectivity index (χ0n) is 15.4. The summed E-state index contributed by atoms with van der Waals surface area (Å²) in [6, 6.07) is 9.56. The summed E-state index contributed by atoms with van der Waals surface area (Å²) in [4.78, 5) is 24.0. The predicted octanol–water partition coefficient (Wildman–Crippen LogP) is 3.67. The van der Waals surface area contributed by atoms with E-state index in [1.165, 1.54) is 0 Å². The highest BCUT2D eigenvalue weighted by molar-refractivity contribution is 5.79. The highest BCUT2D eigenvalue weighted by Crippen LogP contribution is 2.24. The van der Waals surface area contributed by atoms with E-state index in [4.69, 9.17) is 14.2 Å². The van der Waals surface area contributed by atoms with Crippen molar-refractivity contribution in [2.24, 2.45) is 5.92 Å². The minimum atomic E-state index is -0.574. The van der Waals surface area contributed by atoms with Crippen LogP contribution in [-0.2, 0) is 23.8 Å². The van der Waals surface area contributed by atoms with Crippen molar-refractivity contribution in [1.82, 2.24) is 0 Å². The molecule has 0 saturated heterocycles. The molecule has 0 fully saturated rings. The van der Waals surface area contributed by atoms with E-state index in [1.807, 2.05) is 30.3 Å². The zero-order chi connectivity index (χ0) is 18.3. The zero-order valence-corrected chi connectivity index (χ0v) is 15.4. The van der Waals surface area contributed by atoms with Gasteiger partial charge in [-0.1, -0.05) is 37.3 Å². The Kier molecular flexibility index (Phi) is 7.42. The molecule has 1 aromatic carbocycles. The van der Waals surface area contributed by atoms with Crippen molar-refractivity contribution in [3.63, 3.8) is 0 Å². The standard InChI is InChI=1S/C19H28O5/c1-13(12-16(20)24-19(3,4)5)18(21)23-14(2)17(22-6)15-10-8-7-9-11-15/h7-11,13-14,17H,12H2,1-6H3/t13-,14+,17+/m1/s1. The minimum Gasteiger partial charge on any atom is -0.460 e. The quantitative estimate of drug-likeness (QED) is 0.711. The lowest BCUT2D eigenvalue weighted by molar-refractivity contribution is -0.166. The van der Waals surface area contributed by atoms with E-state index in [0.29, 0.717) is 0 Å². The lowest BCUT2D eigenvalue weighted by Gasteiger charge is -2.25. The lowest BCUT2D eigenvalue weighted by Crippen LogP contribution is -2.30. The van der Waals surface area contributed by atoms with Gasteiger partial charge in [-0.25, -0.2) is 0 Å². The van der Waals surface area contributed by atoms with Crippen LogP contribution in [0, 0.1) is 5.92 Å². The van der Waals surface area contributed by atoms with Gasteiger partial charge < -0.3 is 14.2 Å². The first-order valence-electron chi connectivity index (χ1n) is 8.14. The second-order valence-corrected chi connectivity index (χ2v) is 6.90. The number of ether oxygens (including phenoxy) is 3. The number of rotatable bonds is 7. The van der Waals surface area contributed by atoms with Crippen LogP contribution in [0.3, 0.4) is 0 Å². The van der Waals surface area contributed by atoms with Crippen molar-refractivity contribution in [2.45, 2.75) is 58.8 Å². The summed E-state index contributed by atoms with van der Waals surface area (Å²) in [6.45, 7) is 8.81. The smallest absolute Gasteiger partial charge is 0.309 e. The first-order chi connectivity index (χ1) is 11.1. The van der Waals surface area contributed by atoms with Gasteiger partial charge in [-0.15, -0.1) is 0 Å². The molecule has 0 aliphatic rings. The largest absolute Gasteiger partial charge is 0.460 e. The van der Waals surface area contributed by atoms with Gasteiger partial charge in [0.15, 0.2) is 0 Å². The van der Waals surface area contributed by atoms with Crippen molar-refractivity contribution in [3.05, 3.63) is 35.9 Å². The molecule has 1 aromatic rings. The molecule has 5 heteroatoms. The molecule has 5 nitrogen and oxygen atoms in total. The Morgan fingerprint density at radius 1 is 1.08 bits per heavy atom. The maximum atomic E-state index is 12.2. The summed E-state index contributed by atoms with van der Waals surface area (Å²) in [5, 5.41) is 0. The van der Waals surface area contributed by atoms with Crippen LogP contribution >= 0.6 is 0 Å². The number of hydrogen-bond acceptors (Lipinski definition) is 5. The highest BCUT2D eigenvalue weighted by atomic mass is 16.6. The molecule has 1 rings (SSSR count). The van der Waals surface area contributed by atoms with Gasteiger partial charge in [0.25, 0.3) is 0 Å². The van der Waals surface area contributed by atoms with Crippen LogP contribution in [0.2, 0.25) is 0 Å². The SMILES string of the molecule is CO[C@H](c1ccccc1)[C@H](C)OC(=O)[C@H](C)CC(=O)OC(C)(C)C. The molecule has 0 aromatic heterocycles. The predicted molar refractivity (Wildman–Crippen MR) is 91.4 cm³/mol. The van der Waals surface area contributed by atoms with Crippen LogP contribution in [0.1, 0.15) is 52.7 Å². The molecule has 0 spiro atoms. The van der Waals surface area contributed by atoms with Crippen LogP contribution in [0.15, 0.2) is 30.3 Å². The molecule has 134 valence electrons. The van der Waals surface area contributed by atoms with Gasteiger partial charge in [-0.3, -0.25) is 9.59 Å². The number of esters is 2. The average Bonchev–Trinajstić information content (AvgIpc) is 2.46. The van der Waals surface area contributed by atoms with E-state index < -0.39 is 29.6 Å². The fraction of sp³-hybridized carbons (Fsp3) is 0.579. The van der Waals surface area contributed by atoms with E-state index in [0.717, 1.165) is 5.56 Å². The fourth-order valence-corrected chi connectivity index (χ4v) is 2.32. The summed E-state index contributed by atoms with van der Waals surface area (Å²) < 4.78 is 16.2. The van der Waals surface area contributed by atoms with Gasteiger partial charge in [0.2, 0.25) is 0 Å². The van der Waals surface area contributed by atoms with Gasteiger partial charge in [0.05, 0.1) is 12.3 Å². The van der Waals surface area contributed by atoms with Crippen LogP contribution < -0.4 is 0 Å². The van der Waals surface area contributed by atoms with E-state index >= 15 is 0 Å². The van der Waals surface area contributed by atoms with Gasteiger partial charge in [-0.2, -0.15) is 0 Å². The maximum absolute atomic E-state index is 12.2. The van der Waals surface area contributed by atoms with Crippen molar-refractivity contribution in [2.75, 3.05) is 7.11 Å². The Bertz CT molecular complexity index is 532. The molecule has 0 amide bonds. The van der Waals surface area contributed by atoms with Crippen LogP contribution in [0.5, 0.6) is 0 Å². The van der Waals surface area contributed by atoms with Crippen LogP contribution in [-0.4, -0.2) is 30.8 Å². The van der Waals surface area contributed by atoms with Crippen molar-refractivity contribution in [3.8, 4) is 0 Å². The molecule has 0 saturated carbocycles. The fourth-order valence-electron chi connectivity index (χ4n) is 2.32. The molecule has 0 unspecified atom stereocenters. The Morgan fingerprint density at radius 2 is 1.67 bits per heavy atom. The minimum absolute atomic E-state index is 0.00813. The molecule has 0 N–H and O–H groups in total. The van der Waals surface area contributed by atoms with E-state index in [1.54, 1.807) is 41.7 Å². The number of methoxy groups -OCH3 is 1. The van der Waals surface area contributed by atoms with Crippen molar-refractivity contribution >= 4 is 11.9 Å². The molecule has 24 heavy (non-hydrogen) atoms. The molecule has 0 radical (unpaired) electrons. The summed E-state index contributed by atoms with van der Waals surface area (Å²) >= 11 is 0. The third-order valence-electron chi connectivity index (χ3n) is 3.41. The number of carbonyl (C=O) groups is 2. The van der Waals surface area contributed by atoms with Crippen molar-refractivity contribution < 1.29 is 23.8 Å². The van der Waals surface area contributed by atoms with Gasteiger partial charge in [0.1, 0.15) is 17.8 Å². The first-order valence-corrected chi connectivity index (χ1v) is 8.14. The van der Waals surface area contributed by atoms with Gasteiger partial charge in [0, 0.05) is 7.11 Å². The number of hydrogen-bond donors (Lipinski definition) is 0. The second kappa shape index (κ2) is 8.83. The van der Waals surface area contributed by atoms with Crippen LogP contribution in [0.4, 0.5) is 0 Å². The van der Waals surface area contributed by atoms with E-state index in [2.05, 4.69) is 0 Å². The molecule has 0 heterocycles. The van der Waals surface area contributed by atoms with Crippen molar-refractivity contribution in [1.29, 1.82) is 0 Å². The second-order valence-electron chi connectivity index (χ2n) is 6.90. The summed E-state index contributed by atoms with van der Waals surface area (Å²) in [7, 11) is 1.58. The Balaban J connectivity index is 2.60. The third kappa shape index (κ3) is 6.71. The summed E-state index contributed by atoms with van der Waals surface area (Å²) in [5.41, 5.74) is 0.364. The average molecular weight is 336 g/mol. The van der Waals surface area contributed by atoms with E-state index in [9.17, 15) is 9.59 Å². The lowest BCUT2D eigenvalue weighted by atomic mass is 10.0. The Morgan fingerprint density at radius 3 is 2.17 bits per heavy atom. The molecule has 3 atom stereocenters. The third-order valence-corrected chi connectivity index (χ3v) is 3.41. The number of benzene rings is 1. The molecule has 0 aliphatic heterocycles. The van der Waals surface area contributed by atoms with Gasteiger partial charge in [-0.05, 0) is 33.3 Å².